The molecule has 1 aromatic carbocycles. The first-order chi connectivity index (χ1) is 11.0. The molecule has 0 spiro atoms. The van der Waals surface area contributed by atoms with Crippen molar-refractivity contribution >= 4 is 43.0 Å². The number of benzene rings is 1. The van der Waals surface area contributed by atoms with Gasteiger partial charge in [-0.15, -0.1) is 11.3 Å². The molecule has 7 heteroatoms. The number of thiophene rings is 1. The van der Waals surface area contributed by atoms with E-state index in [1.807, 2.05) is 23.6 Å². The standard InChI is InChI=1S/C16H16BrNO3S2/c17-13-4-1-3-12(11-13)16(19)18-7-6-15(14-5-2-9-22-14)23(20,21)10-8-18/h1-5,9,11,15H,6-8,10H2. The Morgan fingerprint density at radius 1 is 1.22 bits per heavy atom. The van der Waals surface area contributed by atoms with E-state index in [9.17, 15) is 13.2 Å². The number of amides is 1. The van der Waals surface area contributed by atoms with E-state index in [1.165, 1.54) is 11.3 Å². The van der Waals surface area contributed by atoms with Gasteiger partial charge in [0.05, 0.1) is 11.0 Å². The van der Waals surface area contributed by atoms with Gasteiger partial charge in [0.2, 0.25) is 0 Å². The summed E-state index contributed by atoms with van der Waals surface area (Å²) in [6.07, 6.45) is 0.447. The Bertz CT molecular complexity index is 802. The van der Waals surface area contributed by atoms with Gasteiger partial charge in [0.1, 0.15) is 0 Å². The van der Waals surface area contributed by atoms with Crippen molar-refractivity contribution in [3.05, 3.63) is 56.7 Å². The molecule has 1 aliphatic rings. The largest absolute Gasteiger partial charge is 0.338 e. The molecular formula is C16H16BrNO3S2. The summed E-state index contributed by atoms with van der Waals surface area (Å²) in [5.41, 5.74) is 0.575. The van der Waals surface area contributed by atoms with Crippen molar-refractivity contribution in [2.45, 2.75) is 11.7 Å². The molecule has 23 heavy (non-hydrogen) atoms. The van der Waals surface area contributed by atoms with Crippen molar-refractivity contribution in [3.8, 4) is 0 Å². The fraction of sp³-hybridized carbons (Fsp3) is 0.312. The molecule has 1 aliphatic heterocycles. The van der Waals surface area contributed by atoms with Crippen LogP contribution in [0.3, 0.4) is 0 Å². The maximum Gasteiger partial charge on any atom is 0.253 e. The number of hydrogen-bond acceptors (Lipinski definition) is 4. The van der Waals surface area contributed by atoms with E-state index < -0.39 is 15.1 Å². The lowest BCUT2D eigenvalue weighted by Crippen LogP contribution is -2.33. The zero-order valence-electron chi connectivity index (χ0n) is 12.3. The molecule has 0 saturated carbocycles. The number of hydrogen-bond donors (Lipinski definition) is 0. The van der Waals surface area contributed by atoms with Crippen LogP contribution in [0.4, 0.5) is 0 Å². The highest BCUT2D eigenvalue weighted by Gasteiger charge is 2.33. The first-order valence-electron chi connectivity index (χ1n) is 7.27. The van der Waals surface area contributed by atoms with Gasteiger partial charge in [-0.2, -0.15) is 0 Å². The lowest BCUT2D eigenvalue weighted by Gasteiger charge is -2.20. The molecule has 0 aliphatic carbocycles. The molecule has 1 amide bonds. The van der Waals surface area contributed by atoms with E-state index in [0.717, 1.165) is 9.35 Å². The number of carbonyl (C=O) groups is 1. The van der Waals surface area contributed by atoms with Crippen LogP contribution in [0, 0.1) is 0 Å². The number of nitrogens with zero attached hydrogens (tertiary/aromatic N) is 1. The van der Waals surface area contributed by atoms with Crippen LogP contribution in [0.2, 0.25) is 0 Å². The van der Waals surface area contributed by atoms with E-state index in [4.69, 9.17) is 0 Å². The Morgan fingerprint density at radius 2 is 2.04 bits per heavy atom. The van der Waals surface area contributed by atoms with Gasteiger partial charge >= 0.3 is 0 Å². The fourth-order valence-electron chi connectivity index (χ4n) is 2.75. The molecule has 2 heterocycles. The van der Waals surface area contributed by atoms with Gasteiger partial charge in [0, 0.05) is 28.0 Å². The molecule has 0 N–H and O–H groups in total. The molecule has 4 nitrogen and oxygen atoms in total. The van der Waals surface area contributed by atoms with E-state index in [2.05, 4.69) is 15.9 Å². The SMILES string of the molecule is O=C(c1cccc(Br)c1)N1CCC(c2cccs2)S(=O)(=O)CC1. The molecule has 1 atom stereocenters. The van der Waals surface area contributed by atoms with Crippen LogP contribution in [0.5, 0.6) is 0 Å². The third-order valence-corrected chi connectivity index (χ3v) is 7.70. The van der Waals surface area contributed by atoms with Gasteiger partial charge in [-0.05, 0) is 36.1 Å². The topological polar surface area (TPSA) is 54.5 Å². The summed E-state index contributed by atoms with van der Waals surface area (Å²) in [6, 6.07) is 10.9. The predicted molar refractivity (Wildman–Crippen MR) is 95.5 cm³/mol. The third kappa shape index (κ3) is 3.67. The molecule has 3 rings (SSSR count). The molecule has 1 unspecified atom stereocenters. The second-order valence-corrected chi connectivity index (χ2v) is 9.66. The van der Waals surface area contributed by atoms with Crippen molar-refractivity contribution in [2.24, 2.45) is 0 Å². The molecule has 1 saturated heterocycles. The van der Waals surface area contributed by atoms with Gasteiger partial charge in [-0.3, -0.25) is 4.79 Å². The summed E-state index contributed by atoms with van der Waals surface area (Å²) in [6.45, 7) is 0.697. The Kier molecular flexibility index (Phi) is 4.89. The predicted octanol–water partition coefficient (Wildman–Crippen LogP) is 3.51. The van der Waals surface area contributed by atoms with E-state index in [0.29, 0.717) is 18.5 Å². The number of sulfone groups is 1. The highest BCUT2D eigenvalue weighted by molar-refractivity contribution is 9.10. The second-order valence-electron chi connectivity index (χ2n) is 5.46. The van der Waals surface area contributed by atoms with E-state index in [1.54, 1.807) is 23.1 Å². The zero-order chi connectivity index (χ0) is 16.4. The van der Waals surface area contributed by atoms with Crippen LogP contribution >= 0.6 is 27.3 Å². The van der Waals surface area contributed by atoms with Gasteiger partial charge in [0.15, 0.2) is 9.84 Å². The highest BCUT2D eigenvalue weighted by atomic mass is 79.9. The van der Waals surface area contributed by atoms with Crippen molar-refractivity contribution in [1.82, 2.24) is 4.90 Å². The van der Waals surface area contributed by atoms with Crippen molar-refractivity contribution in [2.75, 3.05) is 18.8 Å². The van der Waals surface area contributed by atoms with Crippen molar-refractivity contribution in [1.29, 1.82) is 0 Å². The van der Waals surface area contributed by atoms with Gasteiger partial charge in [0.25, 0.3) is 5.91 Å². The van der Waals surface area contributed by atoms with E-state index in [-0.39, 0.29) is 18.2 Å². The highest BCUT2D eigenvalue weighted by Crippen LogP contribution is 2.32. The molecule has 0 radical (unpaired) electrons. The first-order valence-corrected chi connectivity index (χ1v) is 10.7. The third-order valence-electron chi connectivity index (χ3n) is 3.96. The first kappa shape index (κ1) is 16.7. The summed E-state index contributed by atoms with van der Waals surface area (Å²) in [7, 11) is -3.23. The average Bonchev–Trinajstić information content (AvgIpc) is 2.98. The van der Waals surface area contributed by atoms with Gasteiger partial charge < -0.3 is 4.90 Å². The minimum Gasteiger partial charge on any atom is -0.338 e. The maximum absolute atomic E-state index is 12.6. The summed E-state index contributed by atoms with van der Waals surface area (Å²) in [4.78, 5) is 15.1. The molecule has 2 aromatic rings. The summed E-state index contributed by atoms with van der Waals surface area (Å²) >= 11 is 4.82. The lowest BCUT2D eigenvalue weighted by molar-refractivity contribution is 0.0766. The quantitative estimate of drug-likeness (QED) is 0.756. The van der Waals surface area contributed by atoms with Crippen LogP contribution < -0.4 is 0 Å². The molecule has 0 bridgehead atoms. The maximum atomic E-state index is 12.6. The van der Waals surface area contributed by atoms with Crippen LogP contribution in [-0.4, -0.2) is 38.1 Å². The summed E-state index contributed by atoms with van der Waals surface area (Å²) < 4.78 is 25.9. The second kappa shape index (κ2) is 6.75. The zero-order valence-corrected chi connectivity index (χ0v) is 15.5. The summed E-state index contributed by atoms with van der Waals surface area (Å²) in [5, 5.41) is 1.39. The van der Waals surface area contributed by atoms with Crippen LogP contribution in [0.1, 0.15) is 26.9 Å². The minimum atomic E-state index is -3.23. The fourth-order valence-corrected chi connectivity index (χ4v) is 6.15. The van der Waals surface area contributed by atoms with Gasteiger partial charge in [-0.1, -0.05) is 28.1 Å². The summed E-state index contributed by atoms with van der Waals surface area (Å²) in [5.74, 6) is -0.108. The number of carbonyl (C=O) groups excluding carboxylic acids is 1. The Morgan fingerprint density at radius 3 is 2.74 bits per heavy atom. The van der Waals surface area contributed by atoms with E-state index >= 15 is 0 Å². The minimum absolute atomic E-state index is 0.00924. The van der Waals surface area contributed by atoms with Crippen LogP contribution in [0.25, 0.3) is 0 Å². The Labute approximate surface area is 148 Å². The normalized spacial score (nSPS) is 20.9. The van der Waals surface area contributed by atoms with Crippen LogP contribution in [0.15, 0.2) is 46.3 Å². The molecular weight excluding hydrogens is 398 g/mol. The number of halogens is 1. The monoisotopic (exact) mass is 413 g/mol. The van der Waals surface area contributed by atoms with Crippen molar-refractivity contribution < 1.29 is 13.2 Å². The van der Waals surface area contributed by atoms with Crippen LogP contribution in [-0.2, 0) is 9.84 Å². The molecule has 1 aromatic heterocycles. The smallest absolute Gasteiger partial charge is 0.253 e. The Balaban J connectivity index is 1.81. The van der Waals surface area contributed by atoms with Gasteiger partial charge in [-0.25, -0.2) is 8.42 Å². The Hall–Kier alpha value is -1.18. The lowest BCUT2D eigenvalue weighted by atomic mass is 10.2. The number of rotatable bonds is 2. The average molecular weight is 414 g/mol. The molecule has 1 fully saturated rings. The molecule has 122 valence electrons. The van der Waals surface area contributed by atoms with Crippen molar-refractivity contribution in [3.63, 3.8) is 0 Å².